The molecule has 1 heterocycles. The second kappa shape index (κ2) is 9.84. The quantitative estimate of drug-likeness (QED) is 0.536. The summed E-state index contributed by atoms with van der Waals surface area (Å²) in [5.41, 5.74) is 1.29. The Morgan fingerprint density at radius 2 is 1.55 bits per heavy atom. The molecule has 1 saturated heterocycles. The van der Waals surface area contributed by atoms with Gasteiger partial charge in [-0.2, -0.15) is 4.31 Å². The molecule has 0 aliphatic carbocycles. The van der Waals surface area contributed by atoms with Crippen molar-refractivity contribution in [2.45, 2.75) is 4.90 Å². The van der Waals surface area contributed by atoms with Crippen LogP contribution in [0.4, 0.5) is 5.69 Å². The van der Waals surface area contributed by atoms with E-state index in [1.165, 1.54) is 34.6 Å². The van der Waals surface area contributed by atoms with Gasteiger partial charge < -0.3 is 10.1 Å². The maximum Gasteiger partial charge on any atom is 0.255 e. The number of morpholine rings is 1. The summed E-state index contributed by atoms with van der Waals surface area (Å²) in [7, 11) is -3.65. The van der Waals surface area contributed by atoms with Gasteiger partial charge in [0.05, 0.1) is 23.8 Å². The van der Waals surface area contributed by atoms with Crippen molar-refractivity contribution >= 4 is 39.0 Å². The number of hydrogen-bond donors (Lipinski definition) is 1. The van der Waals surface area contributed by atoms with Crippen LogP contribution in [0, 0.1) is 0 Å². The van der Waals surface area contributed by atoms with Gasteiger partial charge in [-0.1, -0.05) is 41.9 Å². The molecule has 0 spiro atoms. The van der Waals surface area contributed by atoms with Crippen LogP contribution in [0.15, 0.2) is 77.7 Å². The number of sulfonamides is 1. The summed E-state index contributed by atoms with van der Waals surface area (Å²) in [5.74, 6) is -0.755. The van der Waals surface area contributed by atoms with Crippen molar-refractivity contribution in [1.29, 1.82) is 0 Å². The average Bonchev–Trinajstić information content (AvgIpc) is 2.85. The molecule has 3 aromatic carbocycles. The monoisotopic (exact) mass is 484 g/mol. The first-order valence-electron chi connectivity index (χ1n) is 10.2. The normalized spacial score (nSPS) is 14.6. The van der Waals surface area contributed by atoms with E-state index in [-0.39, 0.29) is 21.8 Å². The van der Waals surface area contributed by atoms with E-state index in [0.29, 0.717) is 42.6 Å². The maximum atomic E-state index is 13.0. The maximum absolute atomic E-state index is 13.0. The fourth-order valence-corrected chi connectivity index (χ4v) is 5.05. The van der Waals surface area contributed by atoms with Gasteiger partial charge in [0.25, 0.3) is 5.91 Å². The molecule has 4 rings (SSSR count). The van der Waals surface area contributed by atoms with Gasteiger partial charge in [0.1, 0.15) is 0 Å². The summed E-state index contributed by atoms with van der Waals surface area (Å²) >= 11 is 6.09. The van der Waals surface area contributed by atoms with E-state index >= 15 is 0 Å². The molecule has 0 unspecified atom stereocenters. The molecule has 1 aliphatic heterocycles. The van der Waals surface area contributed by atoms with Gasteiger partial charge in [-0.3, -0.25) is 9.59 Å². The van der Waals surface area contributed by atoms with Gasteiger partial charge in [0.15, 0.2) is 5.78 Å². The van der Waals surface area contributed by atoms with E-state index in [0.717, 1.165) is 0 Å². The van der Waals surface area contributed by atoms with Crippen molar-refractivity contribution in [3.8, 4) is 0 Å². The predicted octanol–water partition coefficient (Wildman–Crippen LogP) is 3.84. The number of benzene rings is 3. The number of rotatable bonds is 6. The van der Waals surface area contributed by atoms with Crippen LogP contribution >= 0.6 is 11.6 Å². The number of carbonyl (C=O) groups excluding carboxylic acids is 2. The molecule has 0 radical (unpaired) electrons. The number of amides is 1. The number of ether oxygens (including phenoxy) is 1. The van der Waals surface area contributed by atoms with Crippen LogP contribution in [-0.4, -0.2) is 50.7 Å². The molecule has 170 valence electrons. The van der Waals surface area contributed by atoms with Crippen molar-refractivity contribution in [2.75, 3.05) is 31.6 Å². The summed E-state index contributed by atoms with van der Waals surface area (Å²) in [4.78, 5) is 25.9. The molecule has 0 bridgehead atoms. The highest BCUT2D eigenvalue weighted by atomic mass is 35.5. The average molecular weight is 485 g/mol. The van der Waals surface area contributed by atoms with Crippen LogP contribution in [0.3, 0.4) is 0 Å². The lowest BCUT2D eigenvalue weighted by Gasteiger charge is -2.26. The minimum absolute atomic E-state index is 0.104. The Bertz CT molecular complexity index is 1270. The Labute approximate surface area is 197 Å². The smallest absolute Gasteiger partial charge is 0.255 e. The minimum atomic E-state index is -3.65. The van der Waals surface area contributed by atoms with Crippen molar-refractivity contribution in [1.82, 2.24) is 4.31 Å². The number of anilines is 1. The molecular formula is C24H21ClN2O5S. The zero-order chi connectivity index (χ0) is 23.4. The Hall–Kier alpha value is -3.04. The molecule has 1 amide bonds. The van der Waals surface area contributed by atoms with Crippen LogP contribution in [0.1, 0.15) is 26.3 Å². The molecule has 0 aromatic heterocycles. The van der Waals surface area contributed by atoms with E-state index < -0.39 is 15.9 Å². The Morgan fingerprint density at radius 3 is 2.21 bits per heavy atom. The van der Waals surface area contributed by atoms with Crippen LogP contribution < -0.4 is 5.32 Å². The molecular weight excluding hydrogens is 464 g/mol. The van der Waals surface area contributed by atoms with E-state index in [2.05, 4.69) is 5.32 Å². The van der Waals surface area contributed by atoms with Crippen molar-refractivity contribution in [3.63, 3.8) is 0 Å². The molecule has 0 saturated carbocycles. The zero-order valence-electron chi connectivity index (χ0n) is 17.5. The van der Waals surface area contributed by atoms with Gasteiger partial charge in [-0.05, 0) is 42.5 Å². The fourth-order valence-electron chi connectivity index (χ4n) is 3.47. The zero-order valence-corrected chi connectivity index (χ0v) is 19.1. The van der Waals surface area contributed by atoms with E-state index in [4.69, 9.17) is 16.3 Å². The lowest BCUT2D eigenvalue weighted by atomic mass is 10.0. The third-order valence-electron chi connectivity index (χ3n) is 5.23. The van der Waals surface area contributed by atoms with Crippen LogP contribution in [0.5, 0.6) is 0 Å². The molecule has 0 atom stereocenters. The summed E-state index contributed by atoms with van der Waals surface area (Å²) in [6.45, 7) is 1.29. The molecule has 33 heavy (non-hydrogen) atoms. The molecule has 3 aromatic rings. The summed E-state index contributed by atoms with van der Waals surface area (Å²) in [6.07, 6.45) is 0. The first kappa shape index (κ1) is 23.1. The Morgan fingerprint density at radius 1 is 0.879 bits per heavy atom. The number of ketones is 1. The first-order chi connectivity index (χ1) is 15.9. The lowest BCUT2D eigenvalue weighted by molar-refractivity contribution is 0.0730. The molecule has 1 N–H and O–H groups in total. The predicted molar refractivity (Wildman–Crippen MR) is 125 cm³/mol. The molecule has 9 heteroatoms. The number of nitrogens with zero attached hydrogens (tertiary/aromatic N) is 1. The van der Waals surface area contributed by atoms with Crippen molar-refractivity contribution in [3.05, 3.63) is 94.5 Å². The van der Waals surface area contributed by atoms with Crippen LogP contribution in [-0.2, 0) is 14.8 Å². The van der Waals surface area contributed by atoms with Crippen molar-refractivity contribution in [2.24, 2.45) is 0 Å². The van der Waals surface area contributed by atoms with Gasteiger partial charge in [0, 0.05) is 34.8 Å². The first-order valence-corrected chi connectivity index (χ1v) is 12.1. The summed E-state index contributed by atoms with van der Waals surface area (Å²) in [6, 6.07) is 19.0. The SMILES string of the molecule is O=C(Nc1ccc(Cl)cc1C(=O)c1ccccc1)c1ccc(S(=O)(=O)N2CCOCC2)cc1. The van der Waals surface area contributed by atoms with E-state index in [1.54, 1.807) is 42.5 Å². The Balaban J connectivity index is 1.55. The topological polar surface area (TPSA) is 92.8 Å². The highest BCUT2D eigenvalue weighted by Gasteiger charge is 2.26. The number of nitrogens with one attached hydrogen (secondary N) is 1. The number of hydrogen-bond acceptors (Lipinski definition) is 5. The van der Waals surface area contributed by atoms with Crippen LogP contribution in [0.25, 0.3) is 0 Å². The molecule has 7 nitrogen and oxygen atoms in total. The molecule has 1 aliphatic rings. The van der Waals surface area contributed by atoms with E-state index in [1.807, 2.05) is 0 Å². The third kappa shape index (κ3) is 5.15. The van der Waals surface area contributed by atoms with Crippen LogP contribution in [0.2, 0.25) is 5.02 Å². The second-order valence-corrected chi connectivity index (χ2v) is 9.75. The summed E-state index contributed by atoms with van der Waals surface area (Å²) in [5, 5.41) is 3.10. The van der Waals surface area contributed by atoms with E-state index in [9.17, 15) is 18.0 Å². The standard InChI is InChI=1S/C24H21ClN2O5S/c25-19-8-11-22(21(16-19)23(28)17-4-2-1-3-5-17)26-24(29)18-6-9-20(10-7-18)33(30,31)27-12-14-32-15-13-27/h1-11,16H,12-15H2,(H,26,29). The fraction of sp³-hybridized carbons (Fsp3) is 0.167. The Kier molecular flexibility index (Phi) is 6.90. The largest absolute Gasteiger partial charge is 0.379 e. The van der Waals surface area contributed by atoms with Crippen molar-refractivity contribution < 1.29 is 22.7 Å². The highest BCUT2D eigenvalue weighted by molar-refractivity contribution is 7.89. The second-order valence-electron chi connectivity index (χ2n) is 7.38. The summed E-state index contributed by atoms with van der Waals surface area (Å²) < 4.78 is 32.1. The molecule has 1 fully saturated rings. The van der Waals surface area contributed by atoms with Gasteiger partial charge in [0.2, 0.25) is 10.0 Å². The highest BCUT2D eigenvalue weighted by Crippen LogP contribution is 2.25. The lowest BCUT2D eigenvalue weighted by Crippen LogP contribution is -2.40. The number of carbonyl (C=O) groups is 2. The van der Waals surface area contributed by atoms with Gasteiger partial charge in [-0.15, -0.1) is 0 Å². The van der Waals surface area contributed by atoms with Gasteiger partial charge >= 0.3 is 0 Å². The minimum Gasteiger partial charge on any atom is -0.379 e. The number of halogens is 1. The third-order valence-corrected chi connectivity index (χ3v) is 7.38. The van der Waals surface area contributed by atoms with Gasteiger partial charge in [-0.25, -0.2) is 8.42 Å².